The van der Waals surface area contributed by atoms with Crippen molar-refractivity contribution in [1.82, 2.24) is 9.80 Å². The number of furan rings is 1. The fraction of sp³-hybridized carbons (Fsp3) is 0.688. The van der Waals surface area contributed by atoms with Crippen molar-refractivity contribution >= 4 is 5.91 Å². The van der Waals surface area contributed by atoms with E-state index in [1.165, 1.54) is 12.8 Å². The van der Waals surface area contributed by atoms with Gasteiger partial charge in [0.1, 0.15) is 0 Å². The molecular weight excluding hydrogens is 266 g/mol. The van der Waals surface area contributed by atoms with E-state index in [4.69, 9.17) is 10.2 Å². The van der Waals surface area contributed by atoms with Crippen LogP contribution in [0.25, 0.3) is 0 Å². The van der Waals surface area contributed by atoms with Gasteiger partial charge in [-0.05, 0) is 51.9 Å². The first-order chi connectivity index (χ1) is 10.2. The van der Waals surface area contributed by atoms with Gasteiger partial charge in [-0.3, -0.25) is 4.79 Å². The van der Waals surface area contributed by atoms with Crippen LogP contribution in [0.1, 0.15) is 41.8 Å². The molecule has 1 aliphatic rings. The van der Waals surface area contributed by atoms with Crippen molar-refractivity contribution in [2.75, 3.05) is 39.3 Å². The number of nitrogens with two attached hydrogens (primary N) is 1. The van der Waals surface area contributed by atoms with Gasteiger partial charge in [-0.1, -0.05) is 6.42 Å². The Kier molecular flexibility index (Phi) is 6.26. The molecule has 2 rings (SSSR count). The number of aryl methyl sites for hydroxylation is 1. The van der Waals surface area contributed by atoms with Gasteiger partial charge in [0.15, 0.2) is 5.76 Å². The van der Waals surface area contributed by atoms with Crippen LogP contribution in [0.4, 0.5) is 0 Å². The third kappa shape index (κ3) is 4.58. The van der Waals surface area contributed by atoms with E-state index in [0.29, 0.717) is 5.76 Å². The van der Waals surface area contributed by atoms with Crippen LogP contribution in [0.5, 0.6) is 0 Å². The molecule has 0 aliphatic carbocycles. The van der Waals surface area contributed by atoms with Crippen LogP contribution in [0.2, 0.25) is 0 Å². The Morgan fingerprint density at radius 1 is 1.24 bits per heavy atom. The molecule has 5 heteroatoms. The van der Waals surface area contributed by atoms with Crippen molar-refractivity contribution < 1.29 is 9.21 Å². The van der Waals surface area contributed by atoms with Gasteiger partial charge in [0.25, 0.3) is 5.91 Å². The lowest BCUT2D eigenvalue weighted by molar-refractivity contribution is 0.0728. The summed E-state index contributed by atoms with van der Waals surface area (Å²) in [4.78, 5) is 16.8. The molecule has 1 amide bonds. The van der Waals surface area contributed by atoms with Crippen molar-refractivity contribution in [3.05, 3.63) is 23.7 Å². The quantitative estimate of drug-likeness (QED) is 0.813. The Balaban J connectivity index is 1.80. The number of carbonyl (C=O) groups is 1. The molecule has 0 radical (unpaired) electrons. The largest absolute Gasteiger partial charge is 0.459 e. The number of unbranched alkanes of at least 4 members (excludes halogenated alkanes) is 2. The molecule has 0 bridgehead atoms. The average molecular weight is 293 g/mol. The van der Waals surface area contributed by atoms with Gasteiger partial charge in [-0.2, -0.15) is 0 Å². The maximum atomic E-state index is 12.4. The zero-order chi connectivity index (χ0) is 15.1. The van der Waals surface area contributed by atoms with Crippen molar-refractivity contribution in [3.63, 3.8) is 0 Å². The number of amides is 1. The molecule has 1 aromatic heterocycles. The third-order valence-electron chi connectivity index (χ3n) is 4.11. The summed E-state index contributed by atoms with van der Waals surface area (Å²) in [5, 5.41) is 0. The second-order valence-electron chi connectivity index (χ2n) is 5.77. The summed E-state index contributed by atoms with van der Waals surface area (Å²) >= 11 is 0. The SMILES string of the molecule is Cc1ccoc1C(=O)N1CCCN(CCCCCN)CC1. The first-order valence-electron chi connectivity index (χ1n) is 7.98. The van der Waals surface area contributed by atoms with E-state index in [9.17, 15) is 4.79 Å². The van der Waals surface area contributed by atoms with Gasteiger partial charge in [0, 0.05) is 25.2 Å². The molecule has 0 spiro atoms. The first-order valence-corrected chi connectivity index (χ1v) is 7.98. The molecule has 0 unspecified atom stereocenters. The summed E-state index contributed by atoms with van der Waals surface area (Å²) in [6.07, 6.45) is 6.12. The molecule has 2 heterocycles. The van der Waals surface area contributed by atoms with E-state index >= 15 is 0 Å². The highest BCUT2D eigenvalue weighted by molar-refractivity contribution is 5.92. The Morgan fingerprint density at radius 3 is 2.81 bits per heavy atom. The monoisotopic (exact) mass is 293 g/mol. The van der Waals surface area contributed by atoms with E-state index < -0.39 is 0 Å². The molecule has 0 atom stereocenters. The van der Waals surface area contributed by atoms with Gasteiger partial charge in [-0.25, -0.2) is 0 Å². The van der Waals surface area contributed by atoms with Crippen LogP contribution >= 0.6 is 0 Å². The number of hydrogen-bond acceptors (Lipinski definition) is 4. The lowest BCUT2D eigenvalue weighted by atomic mass is 10.2. The molecule has 0 saturated carbocycles. The minimum atomic E-state index is 0.0301. The number of hydrogen-bond donors (Lipinski definition) is 1. The fourth-order valence-electron chi connectivity index (χ4n) is 2.79. The Morgan fingerprint density at radius 2 is 2.10 bits per heavy atom. The van der Waals surface area contributed by atoms with E-state index in [1.54, 1.807) is 6.26 Å². The summed E-state index contributed by atoms with van der Waals surface area (Å²) in [7, 11) is 0. The van der Waals surface area contributed by atoms with Crippen LogP contribution in [-0.2, 0) is 0 Å². The topological polar surface area (TPSA) is 62.7 Å². The minimum absolute atomic E-state index is 0.0301. The Bertz CT molecular complexity index is 444. The zero-order valence-corrected chi connectivity index (χ0v) is 13.0. The highest BCUT2D eigenvalue weighted by Crippen LogP contribution is 2.14. The van der Waals surface area contributed by atoms with Crippen LogP contribution in [0.3, 0.4) is 0 Å². The van der Waals surface area contributed by atoms with E-state index in [-0.39, 0.29) is 5.91 Å². The van der Waals surface area contributed by atoms with E-state index in [0.717, 1.165) is 57.7 Å². The maximum absolute atomic E-state index is 12.4. The Labute approximate surface area is 127 Å². The molecule has 1 fully saturated rings. The highest BCUT2D eigenvalue weighted by Gasteiger charge is 2.23. The molecule has 1 aliphatic heterocycles. The second-order valence-corrected chi connectivity index (χ2v) is 5.77. The average Bonchev–Trinajstić information content (AvgIpc) is 2.77. The minimum Gasteiger partial charge on any atom is -0.459 e. The maximum Gasteiger partial charge on any atom is 0.289 e. The zero-order valence-electron chi connectivity index (χ0n) is 13.0. The third-order valence-corrected chi connectivity index (χ3v) is 4.11. The lowest BCUT2D eigenvalue weighted by Crippen LogP contribution is -2.35. The van der Waals surface area contributed by atoms with E-state index in [1.807, 2.05) is 17.9 Å². The van der Waals surface area contributed by atoms with Crippen LogP contribution in [-0.4, -0.2) is 55.0 Å². The highest BCUT2D eigenvalue weighted by atomic mass is 16.3. The summed E-state index contributed by atoms with van der Waals surface area (Å²) < 4.78 is 5.32. The molecule has 0 aromatic carbocycles. The van der Waals surface area contributed by atoms with Gasteiger partial charge in [-0.15, -0.1) is 0 Å². The van der Waals surface area contributed by atoms with Crippen molar-refractivity contribution in [2.45, 2.75) is 32.6 Å². The normalized spacial score (nSPS) is 17.0. The molecular formula is C16H27N3O2. The summed E-state index contributed by atoms with van der Waals surface area (Å²) in [6, 6.07) is 1.84. The standard InChI is InChI=1S/C16H27N3O2/c1-14-6-13-21-15(14)16(20)19-10-5-9-18(11-12-19)8-4-2-3-7-17/h6,13H,2-5,7-12,17H2,1H3. The molecule has 118 valence electrons. The van der Waals surface area contributed by atoms with Crippen molar-refractivity contribution in [1.29, 1.82) is 0 Å². The summed E-state index contributed by atoms with van der Waals surface area (Å²) in [5.74, 6) is 0.522. The molecule has 2 N–H and O–H groups in total. The van der Waals surface area contributed by atoms with Gasteiger partial charge in [0.05, 0.1) is 6.26 Å². The lowest BCUT2D eigenvalue weighted by Gasteiger charge is -2.21. The summed E-state index contributed by atoms with van der Waals surface area (Å²) in [6.45, 7) is 7.44. The number of carbonyl (C=O) groups excluding carboxylic acids is 1. The van der Waals surface area contributed by atoms with Crippen LogP contribution in [0.15, 0.2) is 16.7 Å². The number of rotatable bonds is 6. The predicted octanol–water partition coefficient (Wildman–Crippen LogP) is 1.86. The molecule has 1 aromatic rings. The van der Waals surface area contributed by atoms with Crippen molar-refractivity contribution in [3.8, 4) is 0 Å². The smallest absolute Gasteiger partial charge is 0.289 e. The number of nitrogens with zero attached hydrogens (tertiary/aromatic N) is 2. The molecule has 1 saturated heterocycles. The van der Waals surface area contributed by atoms with E-state index in [2.05, 4.69) is 4.90 Å². The van der Waals surface area contributed by atoms with Gasteiger partial charge >= 0.3 is 0 Å². The molecule has 5 nitrogen and oxygen atoms in total. The van der Waals surface area contributed by atoms with Crippen molar-refractivity contribution in [2.24, 2.45) is 5.73 Å². The van der Waals surface area contributed by atoms with Crippen LogP contribution in [0, 0.1) is 6.92 Å². The van der Waals surface area contributed by atoms with Crippen LogP contribution < -0.4 is 5.73 Å². The molecule has 21 heavy (non-hydrogen) atoms. The predicted molar refractivity (Wildman–Crippen MR) is 83.3 cm³/mol. The van der Waals surface area contributed by atoms with Gasteiger partial charge in [0.2, 0.25) is 0 Å². The first kappa shape index (κ1) is 16.0. The Hall–Kier alpha value is -1.33. The summed E-state index contributed by atoms with van der Waals surface area (Å²) in [5.41, 5.74) is 6.44. The fourth-order valence-corrected chi connectivity index (χ4v) is 2.79. The second kappa shape index (κ2) is 8.20. The van der Waals surface area contributed by atoms with Gasteiger partial charge < -0.3 is 20.0 Å².